The van der Waals surface area contributed by atoms with Gasteiger partial charge in [0.25, 0.3) is 0 Å². The molecule has 4 rings (SSSR count). The highest BCUT2D eigenvalue weighted by Gasteiger charge is 2.33. The zero-order valence-electron chi connectivity index (χ0n) is 15.1. The van der Waals surface area contributed by atoms with Crippen LogP contribution in [0.5, 0.6) is 0 Å². The molecule has 0 saturated carbocycles. The quantitative estimate of drug-likeness (QED) is 0.780. The highest BCUT2D eigenvalue weighted by Crippen LogP contribution is 2.31. The van der Waals surface area contributed by atoms with Crippen LogP contribution in [0.1, 0.15) is 0 Å². The van der Waals surface area contributed by atoms with Crippen molar-refractivity contribution in [2.45, 2.75) is 12.7 Å². The summed E-state index contributed by atoms with van der Waals surface area (Å²) in [5.74, 6) is 0.880. The van der Waals surface area contributed by atoms with E-state index in [0.29, 0.717) is 56.7 Å². The Morgan fingerprint density at radius 1 is 1.00 bits per heavy atom. The Bertz CT molecular complexity index is 795. The minimum Gasteiger partial charge on any atom is -0.378 e. The Morgan fingerprint density at radius 2 is 1.70 bits per heavy atom. The molecule has 0 N–H and O–H groups in total. The third kappa shape index (κ3) is 3.79. The smallest absolute Gasteiger partial charge is 0.378 e. The molecule has 0 bridgehead atoms. The van der Waals surface area contributed by atoms with Gasteiger partial charge in [0.15, 0.2) is 17.0 Å². The minimum absolute atomic E-state index is 0.220. The van der Waals surface area contributed by atoms with E-state index < -0.39 is 12.7 Å². The Balaban J connectivity index is 1.79. The maximum Gasteiger partial charge on any atom is 0.406 e. The van der Waals surface area contributed by atoms with Crippen LogP contribution in [0.2, 0.25) is 0 Å². The molecule has 0 amide bonds. The van der Waals surface area contributed by atoms with Gasteiger partial charge < -0.3 is 19.4 Å². The molecule has 0 radical (unpaired) electrons. The molecular formula is C16H22F3N7O. The van der Waals surface area contributed by atoms with Crippen LogP contribution in [0, 0.1) is 0 Å². The third-order valence-corrected chi connectivity index (χ3v) is 4.93. The monoisotopic (exact) mass is 385 g/mol. The van der Waals surface area contributed by atoms with Gasteiger partial charge in [-0.25, -0.2) is 15.0 Å². The molecule has 2 fully saturated rings. The lowest BCUT2D eigenvalue weighted by Crippen LogP contribution is -2.45. The lowest BCUT2D eigenvalue weighted by molar-refractivity contribution is -0.139. The van der Waals surface area contributed by atoms with Gasteiger partial charge in [0.1, 0.15) is 12.9 Å². The molecule has 8 nitrogen and oxygen atoms in total. The number of piperazine rings is 1. The maximum absolute atomic E-state index is 13.3. The number of hydrogen-bond donors (Lipinski definition) is 0. The molecule has 0 unspecified atom stereocenters. The Kier molecular flexibility index (Phi) is 4.81. The average Bonchev–Trinajstić information content (AvgIpc) is 3.00. The highest BCUT2D eigenvalue weighted by molar-refractivity contribution is 5.86. The normalized spacial score (nSPS) is 19.9. The summed E-state index contributed by atoms with van der Waals surface area (Å²) in [6.07, 6.45) is -3.05. The maximum atomic E-state index is 13.3. The first-order valence-corrected chi connectivity index (χ1v) is 8.96. The molecule has 0 aliphatic carbocycles. The molecule has 2 aliphatic heterocycles. The van der Waals surface area contributed by atoms with Crippen molar-refractivity contribution in [1.82, 2.24) is 24.4 Å². The van der Waals surface area contributed by atoms with Crippen molar-refractivity contribution in [3.63, 3.8) is 0 Å². The van der Waals surface area contributed by atoms with Gasteiger partial charge in [0.05, 0.1) is 13.2 Å². The number of imidazole rings is 1. The van der Waals surface area contributed by atoms with E-state index in [1.807, 2.05) is 16.8 Å². The molecule has 0 spiro atoms. The number of likely N-dealkylation sites (N-methyl/N-ethyl adjacent to an activating group) is 1. The first-order chi connectivity index (χ1) is 12.9. The van der Waals surface area contributed by atoms with Gasteiger partial charge in [-0.15, -0.1) is 0 Å². The Hall–Kier alpha value is -2.14. The van der Waals surface area contributed by atoms with Gasteiger partial charge >= 0.3 is 6.18 Å². The number of morpholine rings is 1. The van der Waals surface area contributed by atoms with Crippen molar-refractivity contribution in [3.8, 4) is 0 Å². The van der Waals surface area contributed by atoms with Gasteiger partial charge in [0, 0.05) is 39.3 Å². The van der Waals surface area contributed by atoms with Gasteiger partial charge in [-0.2, -0.15) is 13.2 Å². The van der Waals surface area contributed by atoms with E-state index in [2.05, 4.69) is 19.9 Å². The van der Waals surface area contributed by atoms with E-state index in [1.54, 1.807) is 0 Å². The Morgan fingerprint density at radius 3 is 2.37 bits per heavy atom. The van der Waals surface area contributed by atoms with Crippen LogP contribution in [-0.2, 0) is 11.3 Å². The van der Waals surface area contributed by atoms with Gasteiger partial charge in [0.2, 0.25) is 5.95 Å². The van der Waals surface area contributed by atoms with Gasteiger partial charge in [-0.1, -0.05) is 0 Å². The minimum atomic E-state index is -4.36. The largest absolute Gasteiger partial charge is 0.406 e. The number of nitrogens with zero attached hydrogens (tertiary/aromatic N) is 7. The molecule has 0 aromatic carbocycles. The third-order valence-electron chi connectivity index (χ3n) is 4.93. The molecule has 148 valence electrons. The molecule has 0 atom stereocenters. The van der Waals surface area contributed by atoms with Crippen LogP contribution in [0.3, 0.4) is 0 Å². The lowest BCUT2D eigenvalue weighted by Gasteiger charge is -2.33. The molecule has 2 saturated heterocycles. The summed E-state index contributed by atoms with van der Waals surface area (Å²) in [6, 6.07) is 0. The van der Waals surface area contributed by atoms with Crippen LogP contribution in [0.25, 0.3) is 11.2 Å². The molecule has 27 heavy (non-hydrogen) atoms. The predicted octanol–water partition coefficient (Wildman–Crippen LogP) is 0.977. The topological polar surface area (TPSA) is 62.6 Å². The van der Waals surface area contributed by atoms with E-state index in [0.717, 1.165) is 13.1 Å². The van der Waals surface area contributed by atoms with Crippen molar-refractivity contribution >= 4 is 22.9 Å². The van der Waals surface area contributed by atoms with Crippen LogP contribution >= 0.6 is 0 Å². The summed E-state index contributed by atoms with van der Waals surface area (Å²) in [7, 11) is 2.00. The number of rotatable bonds is 3. The van der Waals surface area contributed by atoms with E-state index in [9.17, 15) is 13.2 Å². The van der Waals surface area contributed by atoms with Crippen LogP contribution in [0.15, 0.2) is 6.33 Å². The van der Waals surface area contributed by atoms with Crippen molar-refractivity contribution in [3.05, 3.63) is 6.33 Å². The van der Waals surface area contributed by atoms with E-state index in [1.165, 1.54) is 10.9 Å². The first-order valence-electron chi connectivity index (χ1n) is 8.96. The highest BCUT2D eigenvalue weighted by atomic mass is 19.4. The summed E-state index contributed by atoms with van der Waals surface area (Å²) in [5.41, 5.74) is 0.635. The van der Waals surface area contributed by atoms with Crippen LogP contribution < -0.4 is 9.80 Å². The molecule has 2 aromatic rings. The number of ether oxygens (including phenoxy) is 1. The summed E-state index contributed by atoms with van der Waals surface area (Å²) < 4.78 is 46.3. The average molecular weight is 385 g/mol. The molecule has 2 aliphatic rings. The van der Waals surface area contributed by atoms with Crippen LogP contribution in [-0.4, -0.2) is 90.1 Å². The van der Waals surface area contributed by atoms with E-state index in [-0.39, 0.29) is 5.65 Å². The fraction of sp³-hybridized carbons (Fsp3) is 0.688. The standard InChI is InChI=1S/C16H22F3N7O/c1-23-2-4-25(5-3-23)15-22-12-13(24-6-8-27-9-7-24)20-11-21-14(12)26(15)10-16(17,18)19/h11H,2-10H2,1H3. The van der Waals surface area contributed by atoms with Crippen molar-refractivity contribution < 1.29 is 17.9 Å². The fourth-order valence-corrected chi connectivity index (χ4v) is 3.49. The molecular weight excluding hydrogens is 363 g/mol. The first kappa shape index (κ1) is 18.2. The second kappa shape index (κ2) is 7.12. The summed E-state index contributed by atoms with van der Waals surface area (Å²) in [6.45, 7) is 4.04. The lowest BCUT2D eigenvalue weighted by atomic mass is 10.3. The summed E-state index contributed by atoms with van der Waals surface area (Å²) in [5, 5.41) is 0. The summed E-state index contributed by atoms with van der Waals surface area (Å²) in [4.78, 5) is 19.1. The number of halogens is 3. The molecule has 2 aromatic heterocycles. The van der Waals surface area contributed by atoms with Crippen molar-refractivity contribution in [2.24, 2.45) is 0 Å². The predicted molar refractivity (Wildman–Crippen MR) is 94.1 cm³/mol. The second-order valence-corrected chi connectivity index (χ2v) is 6.87. The fourth-order valence-electron chi connectivity index (χ4n) is 3.49. The summed E-state index contributed by atoms with van der Waals surface area (Å²) >= 11 is 0. The van der Waals surface area contributed by atoms with E-state index >= 15 is 0 Å². The van der Waals surface area contributed by atoms with Crippen molar-refractivity contribution in [2.75, 3.05) is 69.3 Å². The SMILES string of the molecule is CN1CCN(c2nc3c(N4CCOCC4)ncnc3n2CC(F)(F)F)CC1. The number of alkyl halides is 3. The zero-order valence-corrected chi connectivity index (χ0v) is 15.1. The zero-order chi connectivity index (χ0) is 19.0. The van der Waals surface area contributed by atoms with Crippen LogP contribution in [0.4, 0.5) is 24.9 Å². The Labute approximate surface area is 154 Å². The van der Waals surface area contributed by atoms with Crippen molar-refractivity contribution in [1.29, 1.82) is 0 Å². The number of fused-ring (bicyclic) bond motifs is 1. The molecule has 11 heteroatoms. The van der Waals surface area contributed by atoms with Gasteiger partial charge in [-0.05, 0) is 7.05 Å². The second-order valence-electron chi connectivity index (χ2n) is 6.87. The molecule has 4 heterocycles. The number of anilines is 2. The van der Waals surface area contributed by atoms with Gasteiger partial charge in [-0.3, -0.25) is 4.57 Å². The number of aromatic nitrogens is 4. The number of hydrogen-bond acceptors (Lipinski definition) is 7. The van der Waals surface area contributed by atoms with E-state index in [4.69, 9.17) is 4.74 Å².